The van der Waals surface area contributed by atoms with Crippen molar-refractivity contribution in [2.24, 2.45) is 0 Å². The molecule has 2 rings (SSSR count). The zero-order valence-electron chi connectivity index (χ0n) is 10.1. The average Bonchev–Trinajstić information content (AvgIpc) is 2.37. The zero-order chi connectivity index (χ0) is 13.0. The van der Waals surface area contributed by atoms with Gasteiger partial charge in [0.1, 0.15) is 18.2 Å². The summed E-state index contributed by atoms with van der Waals surface area (Å²) in [5.41, 5.74) is 1.63. The second-order valence-electron chi connectivity index (χ2n) is 4.16. The van der Waals surface area contributed by atoms with Crippen molar-refractivity contribution in [1.29, 1.82) is 0 Å². The number of aliphatic hydroxyl groups excluding tert-OH is 1. The molecule has 0 unspecified atom stereocenters. The fourth-order valence-corrected chi connectivity index (χ4v) is 1.64. The van der Waals surface area contributed by atoms with Gasteiger partial charge in [-0.05, 0) is 42.3 Å². The lowest BCUT2D eigenvalue weighted by molar-refractivity contribution is 0.199. The molecule has 0 fully saturated rings. The molecule has 0 bridgehead atoms. The van der Waals surface area contributed by atoms with Gasteiger partial charge in [0.15, 0.2) is 0 Å². The minimum Gasteiger partial charge on any atom is -0.489 e. The molecule has 2 nitrogen and oxygen atoms in total. The van der Waals surface area contributed by atoms with Crippen LogP contribution < -0.4 is 4.74 Å². The van der Waals surface area contributed by atoms with Gasteiger partial charge in [-0.2, -0.15) is 0 Å². The van der Waals surface area contributed by atoms with Gasteiger partial charge in [0, 0.05) is 0 Å². The second kappa shape index (κ2) is 5.65. The number of ether oxygens (including phenoxy) is 1. The second-order valence-corrected chi connectivity index (χ2v) is 4.16. The lowest BCUT2D eigenvalue weighted by Crippen LogP contribution is -1.96. The molecule has 1 N–H and O–H groups in total. The fourth-order valence-electron chi connectivity index (χ4n) is 1.64. The summed E-state index contributed by atoms with van der Waals surface area (Å²) in [6.45, 7) is 2.04. The standard InChI is InChI=1S/C15H15FO2/c1-11(17)13-5-7-15(8-6-13)18-10-12-3-2-4-14(16)9-12/h2-9,11,17H,10H2,1H3/t11-/m1/s1. The van der Waals surface area contributed by atoms with E-state index in [2.05, 4.69) is 0 Å². The maximum Gasteiger partial charge on any atom is 0.123 e. The Morgan fingerprint density at radius 3 is 2.50 bits per heavy atom. The van der Waals surface area contributed by atoms with E-state index in [0.717, 1.165) is 11.1 Å². The van der Waals surface area contributed by atoms with Gasteiger partial charge in [-0.1, -0.05) is 24.3 Å². The molecule has 0 aliphatic carbocycles. The normalized spacial score (nSPS) is 12.2. The smallest absolute Gasteiger partial charge is 0.123 e. The van der Waals surface area contributed by atoms with Crippen LogP contribution in [0.15, 0.2) is 48.5 Å². The van der Waals surface area contributed by atoms with Crippen molar-refractivity contribution in [3.05, 3.63) is 65.5 Å². The van der Waals surface area contributed by atoms with Crippen molar-refractivity contribution < 1.29 is 14.2 Å². The van der Waals surface area contributed by atoms with Gasteiger partial charge < -0.3 is 9.84 Å². The summed E-state index contributed by atoms with van der Waals surface area (Å²) in [7, 11) is 0. The predicted molar refractivity (Wildman–Crippen MR) is 67.8 cm³/mol. The number of benzene rings is 2. The molecule has 94 valence electrons. The van der Waals surface area contributed by atoms with Crippen LogP contribution in [0.5, 0.6) is 5.75 Å². The maximum atomic E-state index is 13.0. The third-order valence-corrected chi connectivity index (χ3v) is 2.66. The van der Waals surface area contributed by atoms with Gasteiger partial charge in [0.05, 0.1) is 6.10 Å². The third-order valence-electron chi connectivity index (χ3n) is 2.66. The van der Waals surface area contributed by atoms with E-state index in [9.17, 15) is 9.50 Å². The summed E-state index contributed by atoms with van der Waals surface area (Å²) in [4.78, 5) is 0. The van der Waals surface area contributed by atoms with E-state index in [-0.39, 0.29) is 5.82 Å². The summed E-state index contributed by atoms with van der Waals surface area (Å²) in [5, 5.41) is 9.37. The van der Waals surface area contributed by atoms with Crippen LogP contribution in [0.3, 0.4) is 0 Å². The van der Waals surface area contributed by atoms with Crippen LogP contribution in [0, 0.1) is 5.82 Å². The molecule has 0 aliphatic rings. The zero-order valence-corrected chi connectivity index (χ0v) is 10.1. The number of halogens is 1. The molecule has 0 saturated carbocycles. The van der Waals surface area contributed by atoms with Crippen LogP contribution in [0.2, 0.25) is 0 Å². The Bertz CT molecular complexity index is 506. The molecule has 0 aromatic heterocycles. The van der Waals surface area contributed by atoms with Crippen molar-refractivity contribution in [2.75, 3.05) is 0 Å². The van der Waals surface area contributed by atoms with Crippen LogP contribution in [0.25, 0.3) is 0 Å². The van der Waals surface area contributed by atoms with Crippen molar-refractivity contribution in [2.45, 2.75) is 19.6 Å². The molecule has 2 aromatic rings. The van der Waals surface area contributed by atoms with E-state index in [1.807, 2.05) is 18.2 Å². The van der Waals surface area contributed by atoms with Crippen molar-refractivity contribution in [3.63, 3.8) is 0 Å². The minimum atomic E-state index is -0.484. The first-order valence-electron chi connectivity index (χ1n) is 5.80. The molecule has 0 spiro atoms. The van der Waals surface area contributed by atoms with Crippen molar-refractivity contribution in [1.82, 2.24) is 0 Å². The van der Waals surface area contributed by atoms with Crippen LogP contribution >= 0.6 is 0 Å². The van der Waals surface area contributed by atoms with E-state index in [1.54, 1.807) is 25.1 Å². The topological polar surface area (TPSA) is 29.5 Å². The Labute approximate surface area is 106 Å². The van der Waals surface area contributed by atoms with Crippen LogP contribution in [-0.4, -0.2) is 5.11 Å². The van der Waals surface area contributed by atoms with Gasteiger partial charge in [-0.25, -0.2) is 4.39 Å². The average molecular weight is 246 g/mol. The number of hydrogen-bond donors (Lipinski definition) is 1. The molecule has 1 atom stereocenters. The quantitative estimate of drug-likeness (QED) is 0.895. The summed E-state index contributed by atoms with van der Waals surface area (Å²) >= 11 is 0. The molecule has 0 radical (unpaired) electrons. The van der Waals surface area contributed by atoms with Gasteiger partial charge in [0.2, 0.25) is 0 Å². The van der Waals surface area contributed by atoms with E-state index in [0.29, 0.717) is 12.4 Å². The Morgan fingerprint density at radius 2 is 1.89 bits per heavy atom. The highest BCUT2D eigenvalue weighted by Crippen LogP contribution is 2.18. The lowest BCUT2D eigenvalue weighted by atomic mass is 10.1. The molecule has 0 aliphatic heterocycles. The highest BCUT2D eigenvalue weighted by atomic mass is 19.1. The van der Waals surface area contributed by atoms with E-state index in [4.69, 9.17) is 4.74 Å². The molecule has 3 heteroatoms. The Hall–Kier alpha value is -1.87. The van der Waals surface area contributed by atoms with Crippen LogP contribution in [0.1, 0.15) is 24.2 Å². The molecular formula is C15H15FO2. The highest BCUT2D eigenvalue weighted by Gasteiger charge is 2.01. The number of aliphatic hydroxyl groups is 1. The first kappa shape index (κ1) is 12.6. The van der Waals surface area contributed by atoms with Gasteiger partial charge in [-0.3, -0.25) is 0 Å². The highest BCUT2D eigenvalue weighted by molar-refractivity contribution is 5.28. The Balaban J connectivity index is 1.98. The minimum absolute atomic E-state index is 0.263. The molecule has 0 saturated heterocycles. The number of rotatable bonds is 4. The van der Waals surface area contributed by atoms with Crippen LogP contribution in [-0.2, 0) is 6.61 Å². The largest absolute Gasteiger partial charge is 0.489 e. The molecule has 0 amide bonds. The molecule has 18 heavy (non-hydrogen) atoms. The summed E-state index contributed by atoms with van der Waals surface area (Å²) in [5.74, 6) is 0.434. The fraction of sp³-hybridized carbons (Fsp3) is 0.200. The summed E-state index contributed by atoms with van der Waals surface area (Å²) < 4.78 is 18.5. The SMILES string of the molecule is C[C@@H](O)c1ccc(OCc2cccc(F)c2)cc1. The molecule has 0 heterocycles. The third kappa shape index (κ3) is 3.31. The summed E-state index contributed by atoms with van der Waals surface area (Å²) in [6, 6.07) is 13.5. The van der Waals surface area contributed by atoms with Crippen LogP contribution in [0.4, 0.5) is 4.39 Å². The first-order chi connectivity index (χ1) is 8.65. The Morgan fingerprint density at radius 1 is 1.17 bits per heavy atom. The lowest BCUT2D eigenvalue weighted by Gasteiger charge is -2.08. The van der Waals surface area contributed by atoms with Crippen molar-refractivity contribution >= 4 is 0 Å². The van der Waals surface area contributed by atoms with Gasteiger partial charge in [0.25, 0.3) is 0 Å². The Kier molecular flexibility index (Phi) is 3.95. The van der Waals surface area contributed by atoms with E-state index >= 15 is 0 Å². The predicted octanol–water partition coefficient (Wildman–Crippen LogP) is 3.46. The van der Waals surface area contributed by atoms with Crippen molar-refractivity contribution in [3.8, 4) is 5.75 Å². The summed E-state index contributed by atoms with van der Waals surface area (Å²) in [6.07, 6.45) is -0.484. The van der Waals surface area contributed by atoms with Gasteiger partial charge in [-0.15, -0.1) is 0 Å². The molecule has 2 aromatic carbocycles. The monoisotopic (exact) mass is 246 g/mol. The first-order valence-corrected chi connectivity index (χ1v) is 5.80. The maximum absolute atomic E-state index is 13.0. The van der Waals surface area contributed by atoms with E-state index < -0.39 is 6.10 Å². The van der Waals surface area contributed by atoms with Gasteiger partial charge >= 0.3 is 0 Å². The van der Waals surface area contributed by atoms with E-state index in [1.165, 1.54) is 12.1 Å². The molecular weight excluding hydrogens is 231 g/mol. The number of hydrogen-bond acceptors (Lipinski definition) is 2.